The summed E-state index contributed by atoms with van der Waals surface area (Å²) in [6.45, 7) is 3.91. The fraction of sp³-hybridized carbons (Fsp3) is 0.455. The van der Waals surface area contributed by atoms with E-state index in [1.54, 1.807) is 0 Å². The van der Waals surface area contributed by atoms with E-state index in [0.717, 1.165) is 25.3 Å². The molecule has 2 rings (SSSR count). The topological polar surface area (TPSA) is 12.5 Å². The Morgan fingerprint density at radius 2 is 2.31 bits per heavy atom. The van der Waals surface area contributed by atoms with Crippen LogP contribution < -0.4 is 0 Å². The zero-order chi connectivity index (χ0) is 9.26. The molecule has 0 aromatic rings. The van der Waals surface area contributed by atoms with E-state index in [9.17, 15) is 0 Å². The molecular formula is C11H15NO. The molecule has 0 bridgehead atoms. The quantitative estimate of drug-likeness (QED) is 0.561. The number of ether oxygens (including phenoxy) is 1. The molecule has 13 heavy (non-hydrogen) atoms. The molecule has 0 saturated carbocycles. The van der Waals surface area contributed by atoms with Gasteiger partial charge in [0, 0.05) is 13.5 Å². The Balaban J connectivity index is 2.36. The van der Waals surface area contributed by atoms with Gasteiger partial charge in [-0.15, -0.1) is 0 Å². The smallest absolute Gasteiger partial charge is 0.139 e. The molecule has 0 radical (unpaired) electrons. The summed E-state index contributed by atoms with van der Waals surface area (Å²) in [5.74, 6) is 1.05. The number of rotatable bonds is 0. The molecule has 1 heterocycles. The monoisotopic (exact) mass is 177 g/mol. The van der Waals surface area contributed by atoms with E-state index in [0.29, 0.717) is 0 Å². The Kier molecular flexibility index (Phi) is 2.13. The molecule has 0 N–H and O–H groups in total. The van der Waals surface area contributed by atoms with E-state index in [1.807, 2.05) is 0 Å². The second-order valence-electron chi connectivity index (χ2n) is 3.58. The van der Waals surface area contributed by atoms with Crippen LogP contribution in [0, 0.1) is 0 Å². The van der Waals surface area contributed by atoms with Gasteiger partial charge in [0.15, 0.2) is 0 Å². The van der Waals surface area contributed by atoms with E-state index in [2.05, 4.69) is 37.1 Å². The van der Waals surface area contributed by atoms with Gasteiger partial charge in [-0.25, -0.2) is 0 Å². The summed E-state index contributed by atoms with van der Waals surface area (Å²) in [7, 11) is 2.13. The second kappa shape index (κ2) is 3.29. The van der Waals surface area contributed by atoms with Crippen molar-refractivity contribution in [1.82, 2.24) is 4.90 Å². The average Bonchev–Trinajstić information content (AvgIpc) is 2.27. The third kappa shape index (κ3) is 1.62. The lowest BCUT2D eigenvalue weighted by molar-refractivity contribution is 0.150. The largest absolute Gasteiger partial charge is 0.490 e. The molecule has 0 spiro atoms. The summed E-state index contributed by atoms with van der Waals surface area (Å²) in [6.07, 6.45) is 7.45. The average molecular weight is 177 g/mol. The summed E-state index contributed by atoms with van der Waals surface area (Å²) >= 11 is 0. The van der Waals surface area contributed by atoms with Gasteiger partial charge in [-0.2, -0.15) is 0 Å². The highest BCUT2D eigenvalue weighted by Crippen LogP contribution is 2.24. The Morgan fingerprint density at radius 3 is 3.15 bits per heavy atom. The molecule has 70 valence electrons. The highest BCUT2D eigenvalue weighted by molar-refractivity contribution is 5.33. The first-order chi connectivity index (χ1) is 6.27. The van der Waals surface area contributed by atoms with Crippen molar-refractivity contribution in [2.24, 2.45) is 0 Å². The number of allylic oxidation sites excluding steroid dienone is 4. The fourth-order valence-electron chi connectivity index (χ4n) is 1.69. The van der Waals surface area contributed by atoms with Crippen LogP contribution in [0.3, 0.4) is 0 Å². The van der Waals surface area contributed by atoms with Crippen LogP contribution in [0.4, 0.5) is 0 Å². The molecule has 2 heteroatoms. The molecule has 0 aromatic heterocycles. The summed E-state index contributed by atoms with van der Waals surface area (Å²) < 4.78 is 5.62. The minimum absolute atomic E-state index is 0.805. The van der Waals surface area contributed by atoms with Crippen molar-refractivity contribution in [3.8, 4) is 0 Å². The van der Waals surface area contributed by atoms with Gasteiger partial charge in [0.1, 0.15) is 12.4 Å². The van der Waals surface area contributed by atoms with Crippen LogP contribution in [-0.2, 0) is 4.74 Å². The van der Waals surface area contributed by atoms with Crippen molar-refractivity contribution < 1.29 is 4.74 Å². The van der Waals surface area contributed by atoms with Crippen LogP contribution in [0.25, 0.3) is 0 Å². The molecule has 2 aliphatic rings. The number of likely N-dealkylation sites (N-methyl/N-ethyl adjacent to an activating group) is 1. The van der Waals surface area contributed by atoms with Crippen LogP contribution in [0.5, 0.6) is 0 Å². The van der Waals surface area contributed by atoms with E-state index in [1.165, 1.54) is 11.3 Å². The van der Waals surface area contributed by atoms with Gasteiger partial charge in [-0.3, -0.25) is 0 Å². The molecule has 1 aliphatic heterocycles. The highest BCUT2D eigenvalue weighted by atomic mass is 16.5. The van der Waals surface area contributed by atoms with Crippen LogP contribution in [0.2, 0.25) is 0 Å². The molecule has 0 fully saturated rings. The standard InChI is InChI=1S/C11H15NO/c1-9-4-3-5-10-11(8-9)13-7-6-12(10)2/h3-4,8H,5-7H2,1-2H3. The maximum absolute atomic E-state index is 5.62. The molecule has 2 nitrogen and oxygen atoms in total. The van der Waals surface area contributed by atoms with Crippen molar-refractivity contribution in [2.75, 3.05) is 20.2 Å². The first-order valence-corrected chi connectivity index (χ1v) is 4.69. The minimum Gasteiger partial charge on any atom is -0.490 e. The third-order valence-electron chi connectivity index (χ3n) is 2.48. The lowest BCUT2D eigenvalue weighted by Crippen LogP contribution is -2.28. The predicted molar refractivity (Wildman–Crippen MR) is 53.1 cm³/mol. The first kappa shape index (κ1) is 8.42. The zero-order valence-corrected chi connectivity index (χ0v) is 8.21. The van der Waals surface area contributed by atoms with Gasteiger partial charge >= 0.3 is 0 Å². The fourth-order valence-corrected chi connectivity index (χ4v) is 1.69. The van der Waals surface area contributed by atoms with E-state index in [4.69, 9.17) is 4.74 Å². The van der Waals surface area contributed by atoms with E-state index < -0.39 is 0 Å². The Bertz CT molecular complexity index is 299. The maximum Gasteiger partial charge on any atom is 0.139 e. The van der Waals surface area contributed by atoms with E-state index >= 15 is 0 Å². The third-order valence-corrected chi connectivity index (χ3v) is 2.48. The first-order valence-electron chi connectivity index (χ1n) is 4.69. The lowest BCUT2D eigenvalue weighted by atomic mass is 10.2. The molecule has 0 aromatic carbocycles. The molecule has 1 aliphatic carbocycles. The van der Waals surface area contributed by atoms with Crippen LogP contribution in [-0.4, -0.2) is 25.1 Å². The minimum atomic E-state index is 0.805. The van der Waals surface area contributed by atoms with Crippen molar-refractivity contribution in [1.29, 1.82) is 0 Å². The Hall–Kier alpha value is -1.18. The van der Waals surface area contributed by atoms with Gasteiger partial charge in [0.2, 0.25) is 0 Å². The van der Waals surface area contributed by atoms with Gasteiger partial charge in [0.25, 0.3) is 0 Å². The number of hydrogen-bond acceptors (Lipinski definition) is 2. The van der Waals surface area contributed by atoms with Crippen molar-refractivity contribution in [3.05, 3.63) is 35.3 Å². The normalized spacial score (nSPS) is 22.0. The van der Waals surface area contributed by atoms with E-state index in [-0.39, 0.29) is 0 Å². The van der Waals surface area contributed by atoms with Gasteiger partial charge < -0.3 is 9.64 Å². The molecule has 0 atom stereocenters. The molecule has 0 saturated heterocycles. The van der Waals surface area contributed by atoms with Crippen LogP contribution in [0.15, 0.2) is 35.3 Å². The number of nitrogens with zero attached hydrogens (tertiary/aromatic N) is 1. The summed E-state index contributed by atoms with van der Waals surface area (Å²) in [4.78, 5) is 2.28. The van der Waals surface area contributed by atoms with Gasteiger partial charge in [-0.1, -0.05) is 12.2 Å². The second-order valence-corrected chi connectivity index (χ2v) is 3.58. The lowest BCUT2D eigenvalue weighted by Gasteiger charge is -2.28. The Morgan fingerprint density at radius 1 is 1.46 bits per heavy atom. The predicted octanol–water partition coefficient (Wildman–Crippen LogP) is 2.07. The maximum atomic E-state index is 5.62. The molecular weight excluding hydrogens is 162 g/mol. The molecule has 0 amide bonds. The van der Waals surface area contributed by atoms with Crippen molar-refractivity contribution >= 4 is 0 Å². The summed E-state index contributed by atoms with van der Waals surface area (Å²) in [5, 5.41) is 0. The highest BCUT2D eigenvalue weighted by Gasteiger charge is 2.16. The summed E-state index contributed by atoms with van der Waals surface area (Å²) in [6, 6.07) is 0. The number of hydrogen-bond donors (Lipinski definition) is 0. The Labute approximate surface area is 79.2 Å². The van der Waals surface area contributed by atoms with Gasteiger partial charge in [0.05, 0.1) is 12.2 Å². The molecule has 0 unspecified atom stereocenters. The van der Waals surface area contributed by atoms with Crippen molar-refractivity contribution in [2.45, 2.75) is 13.3 Å². The summed E-state index contributed by atoms with van der Waals surface area (Å²) in [5.41, 5.74) is 2.57. The SMILES string of the molecule is CC1=CC2=C(CC=C1)N(C)CCO2. The zero-order valence-electron chi connectivity index (χ0n) is 8.21. The van der Waals surface area contributed by atoms with Crippen LogP contribution >= 0.6 is 0 Å². The van der Waals surface area contributed by atoms with Crippen LogP contribution in [0.1, 0.15) is 13.3 Å². The van der Waals surface area contributed by atoms with Gasteiger partial charge in [-0.05, 0) is 18.6 Å². The van der Waals surface area contributed by atoms with Crippen molar-refractivity contribution in [3.63, 3.8) is 0 Å².